The van der Waals surface area contributed by atoms with Crippen molar-refractivity contribution in [1.29, 1.82) is 0 Å². The summed E-state index contributed by atoms with van der Waals surface area (Å²) in [7, 11) is -3.56. The van der Waals surface area contributed by atoms with Gasteiger partial charge in [0.1, 0.15) is 85.3 Å². The zero-order chi connectivity index (χ0) is 67.7. The highest BCUT2D eigenvalue weighted by atomic mass is 31.2. The van der Waals surface area contributed by atoms with E-state index in [4.69, 9.17) is 42.6 Å². The molecular formula is C52H93N8O30P. The average molecular weight is 1340 g/mol. The molecule has 7 unspecified atom stereocenters. The number of carbonyl (C=O) groups is 8. The number of aliphatic hydroxyl groups excluding tert-OH is 9. The molecule has 0 aliphatic carbocycles. The predicted octanol–water partition coefficient (Wildman–Crippen LogP) is -8.92. The number of aliphatic hydroxyl groups is 9. The van der Waals surface area contributed by atoms with Crippen molar-refractivity contribution >= 4 is 55.1 Å². The Morgan fingerprint density at radius 2 is 0.758 bits per heavy atom. The van der Waals surface area contributed by atoms with E-state index in [1.807, 2.05) is 0 Å². The first-order valence-electron chi connectivity index (χ1n) is 29.4. The Bertz CT molecular complexity index is 2090. The second-order valence-corrected chi connectivity index (χ2v) is 22.8. The molecule has 3 aliphatic heterocycles. The highest BCUT2D eigenvalue weighted by Crippen LogP contribution is 2.41. The molecule has 3 rings (SSSR count). The molecule has 3 saturated heterocycles. The molecule has 0 aromatic carbocycles. The van der Waals surface area contributed by atoms with Crippen LogP contribution < -0.4 is 42.5 Å². The summed E-state index contributed by atoms with van der Waals surface area (Å²) in [5, 5.41) is 111. The normalized spacial score (nSPS) is 27.9. The van der Waals surface area contributed by atoms with Crippen LogP contribution in [0.15, 0.2) is 0 Å². The Morgan fingerprint density at radius 1 is 0.451 bits per heavy atom. The zero-order valence-corrected chi connectivity index (χ0v) is 52.1. The Hall–Kier alpha value is -4.85. The van der Waals surface area contributed by atoms with Gasteiger partial charge in [-0.15, -0.1) is 0 Å². The van der Waals surface area contributed by atoms with Gasteiger partial charge in [0.25, 0.3) is 0 Å². The fourth-order valence-corrected chi connectivity index (χ4v) is 9.39. The van der Waals surface area contributed by atoms with Crippen LogP contribution in [0.25, 0.3) is 0 Å². The van der Waals surface area contributed by atoms with Crippen molar-refractivity contribution in [3.05, 3.63) is 0 Å². The third-order valence-electron chi connectivity index (χ3n) is 13.8. The van der Waals surface area contributed by atoms with Crippen LogP contribution in [0.3, 0.4) is 0 Å². The maximum Gasteiger partial charge on any atom is 0.473 e. The second-order valence-electron chi connectivity index (χ2n) is 21.3. The molecule has 16 atom stereocenters. The van der Waals surface area contributed by atoms with Crippen LogP contribution in [0.2, 0.25) is 0 Å². The smallest absolute Gasteiger partial charge is 0.394 e. The molecule has 0 aromatic rings. The average Bonchev–Trinajstić information content (AvgIpc) is 1.13. The molecule has 526 valence electrons. The summed E-state index contributed by atoms with van der Waals surface area (Å²) >= 11 is 0. The van der Waals surface area contributed by atoms with E-state index < -0.39 is 212 Å². The van der Waals surface area contributed by atoms with Gasteiger partial charge in [0.2, 0.25) is 47.3 Å². The van der Waals surface area contributed by atoms with E-state index in [9.17, 15) is 93.8 Å². The highest BCUT2D eigenvalue weighted by molar-refractivity contribution is 7.47. The van der Waals surface area contributed by atoms with Crippen molar-refractivity contribution in [2.45, 2.75) is 170 Å². The molecule has 0 saturated carbocycles. The van der Waals surface area contributed by atoms with Crippen LogP contribution in [-0.4, -0.2) is 308 Å². The molecular weight excluding hydrogens is 1250 g/mol. The molecule has 0 spiro atoms. The molecule has 0 radical (unpaired) electrons. The van der Waals surface area contributed by atoms with Crippen molar-refractivity contribution in [2.75, 3.05) is 113 Å². The van der Waals surface area contributed by atoms with Crippen molar-refractivity contribution in [3.63, 3.8) is 0 Å². The van der Waals surface area contributed by atoms with Gasteiger partial charge in [-0.2, -0.15) is 0 Å². The van der Waals surface area contributed by atoms with Crippen LogP contribution in [0.1, 0.15) is 72.1 Å². The minimum Gasteiger partial charge on any atom is -0.394 e. The standard InChI is InChI=1S/C52H93N8O30P/c1-29(64)57-40-46(75)43(72)32(22-61)88-49(40)84-16-5-13-53-36(68)10-19-81-25-52(60-39(71)9-8-35(67)56-28-87-91(78,79)80-4,26-82-20-11-37(69)54-14-6-17-85-50-41(58-30(2)65)47(76)44(73)33(23-62)89-50)27-83-21-12-38(70)55-15-7-18-86-51-42(59-31(3)66)48(77)45(74)34(24-63)90-51/h32-34,40-51,61-63,72-77H,5-28H2,1-4H3,(H,53,68)(H,54,69)(H,55,70)(H,56,67)(H,57,64)(H,58,65)(H,59,66)(H,60,71)(H,78,79)/t32?,33?,34?,40?,41?,42?,43-,44-,45-,46+,47+,48+,49+,50+,51+,52?/m0/s1. The van der Waals surface area contributed by atoms with Crippen LogP contribution in [0.5, 0.6) is 0 Å². The lowest BCUT2D eigenvalue weighted by Crippen LogP contribution is -2.64. The Morgan fingerprint density at radius 3 is 1.05 bits per heavy atom. The van der Waals surface area contributed by atoms with Gasteiger partial charge in [-0.25, -0.2) is 4.57 Å². The van der Waals surface area contributed by atoms with Gasteiger partial charge in [-0.1, -0.05) is 0 Å². The molecule has 39 heteroatoms. The zero-order valence-electron chi connectivity index (χ0n) is 51.2. The van der Waals surface area contributed by atoms with E-state index in [0.29, 0.717) is 0 Å². The number of hydrogen-bond acceptors (Lipinski definition) is 29. The number of hydrogen-bond donors (Lipinski definition) is 18. The fraction of sp³-hybridized carbons (Fsp3) is 0.846. The number of rotatable bonds is 44. The topological polar surface area (TPSA) is 554 Å². The van der Waals surface area contributed by atoms with Crippen LogP contribution in [0, 0.1) is 0 Å². The van der Waals surface area contributed by atoms with Crippen molar-refractivity contribution in [3.8, 4) is 0 Å². The molecule has 0 bridgehead atoms. The van der Waals surface area contributed by atoms with Crippen molar-refractivity contribution in [1.82, 2.24) is 42.5 Å². The molecule has 18 N–H and O–H groups in total. The summed E-state index contributed by atoms with van der Waals surface area (Å²) in [4.78, 5) is 110. The maximum atomic E-state index is 13.7. The van der Waals surface area contributed by atoms with Gasteiger partial charge in [-0.3, -0.25) is 47.4 Å². The van der Waals surface area contributed by atoms with Gasteiger partial charge in [0.05, 0.1) is 79.3 Å². The second kappa shape index (κ2) is 42.5. The van der Waals surface area contributed by atoms with Crippen LogP contribution in [0.4, 0.5) is 0 Å². The van der Waals surface area contributed by atoms with E-state index in [1.54, 1.807) is 0 Å². The molecule has 3 fully saturated rings. The summed E-state index contributed by atoms with van der Waals surface area (Å²) in [5.74, 6) is -4.73. The number of nitrogens with one attached hydrogen (secondary N) is 8. The number of ether oxygens (including phenoxy) is 9. The molecule has 91 heavy (non-hydrogen) atoms. The summed E-state index contributed by atoms with van der Waals surface area (Å²) < 4.78 is 72.0. The van der Waals surface area contributed by atoms with Crippen molar-refractivity contribution in [2.24, 2.45) is 0 Å². The molecule has 0 aromatic heterocycles. The molecule has 8 amide bonds. The summed E-state index contributed by atoms with van der Waals surface area (Å²) in [6, 6.07) is -3.54. The maximum absolute atomic E-state index is 13.7. The van der Waals surface area contributed by atoms with Gasteiger partial charge < -0.3 is 136 Å². The van der Waals surface area contributed by atoms with Gasteiger partial charge in [0.15, 0.2) is 18.9 Å². The SMILES string of the molecule is COP(=O)(O)OCNC(=O)CCC(=O)NC(COCCC(=O)NCCCO[C@@H]1OC(CO)[C@H](O)[C@H](O)C1NC(C)=O)(COCCC(=O)NCCCO[C@@H]1OC(CO)[C@H](O)[C@H](O)C1NC(C)=O)COCCC(=O)NCCCO[C@@H]1OC(CO)[C@H](O)[C@H](O)C1NC(C)=O. The quantitative estimate of drug-likeness (QED) is 0.0153. The summed E-state index contributed by atoms with van der Waals surface area (Å²) in [6.07, 6.45) is -17.7. The first-order valence-corrected chi connectivity index (χ1v) is 30.9. The first kappa shape index (κ1) is 80.4. The monoisotopic (exact) mass is 1340 g/mol. The van der Waals surface area contributed by atoms with Crippen LogP contribution >= 0.6 is 7.82 Å². The van der Waals surface area contributed by atoms with Gasteiger partial charge in [0, 0.05) is 79.6 Å². The minimum atomic E-state index is -4.46. The van der Waals surface area contributed by atoms with Crippen LogP contribution in [-0.2, 0) is 94.6 Å². The largest absolute Gasteiger partial charge is 0.473 e. The number of phosphoric acid groups is 1. The molecule has 3 aliphatic rings. The lowest BCUT2D eigenvalue weighted by molar-refractivity contribution is -0.270. The minimum absolute atomic E-state index is 0.0531. The molecule has 38 nitrogen and oxygen atoms in total. The third-order valence-corrected chi connectivity index (χ3v) is 14.7. The van der Waals surface area contributed by atoms with E-state index in [-0.39, 0.29) is 97.8 Å². The Labute approximate surface area is 524 Å². The van der Waals surface area contributed by atoms with Gasteiger partial charge in [-0.05, 0) is 19.3 Å². The summed E-state index contributed by atoms with van der Waals surface area (Å²) in [5.41, 5.74) is -1.67. The Kier molecular flexibility index (Phi) is 37.5. The number of phosphoric ester groups is 1. The number of carbonyl (C=O) groups excluding carboxylic acids is 8. The first-order chi connectivity index (χ1) is 43.2. The summed E-state index contributed by atoms with van der Waals surface area (Å²) in [6.45, 7) is -1.38. The lowest BCUT2D eigenvalue weighted by Gasteiger charge is -2.42. The van der Waals surface area contributed by atoms with Crippen molar-refractivity contribution < 1.29 is 145 Å². The van der Waals surface area contributed by atoms with E-state index in [0.717, 1.165) is 7.11 Å². The Balaban J connectivity index is 1.68. The van der Waals surface area contributed by atoms with Gasteiger partial charge >= 0.3 is 7.82 Å². The lowest BCUT2D eigenvalue weighted by atomic mass is 9.97. The number of amides is 8. The predicted molar refractivity (Wildman–Crippen MR) is 304 cm³/mol. The third kappa shape index (κ3) is 29.5. The van der Waals surface area contributed by atoms with E-state index in [1.165, 1.54) is 20.8 Å². The van der Waals surface area contributed by atoms with E-state index in [2.05, 4.69) is 51.6 Å². The molecule has 3 heterocycles. The van der Waals surface area contributed by atoms with E-state index >= 15 is 0 Å². The fourth-order valence-electron chi connectivity index (χ4n) is 9.05. The highest BCUT2D eigenvalue weighted by Gasteiger charge is 2.48.